The van der Waals surface area contributed by atoms with E-state index in [1.807, 2.05) is 0 Å². The molecule has 0 aromatic heterocycles. The molecule has 1 atom stereocenters. The Kier molecular flexibility index (Phi) is 8.49. The Labute approximate surface area is 99.3 Å². The van der Waals surface area contributed by atoms with E-state index in [2.05, 4.69) is 27.7 Å². The average molecular weight is 237 g/mol. The summed E-state index contributed by atoms with van der Waals surface area (Å²) in [5, 5.41) is 0. The summed E-state index contributed by atoms with van der Waals surface area (Å²) in [7, 11) is 0. The first-order valence-corrected chi connectivity index (χ1v) is 6.35. The second-order valence-electron chi connectivity index (χ2n) is 4.60. The van der Waals surface area contributed by atoms with Crippen molar-refractivity contribution >= 4 is 11.6 Å². The Morgan fingerprint density at radius 3 is 2.40 bits per heavy atom. The van der Waals surface area contributed by atoms with Gasteiger partial charge in [-0.05, 0) is 32.1 Å². The third-order valence-corrected chi connectivity index (χ3v) is 2.90. The van der Waals surface area contributed by atoms with Crippen LogP contribution >= 0.6 is 11.6 Å². The van der Waals surface area contributed by atoms with Gasteiger partial charge in [0.15, 0.2) is 0 Å². The van der Waals surface area contributed by atoms with E-state index in [0.29, 0.717) is 12.5 Å². The largest absolute Gasteiger partial charge is 0.375 e. The van der Waals surface area contributed by atoms with Crippen LogP contribution in [0.15, 0.2) is 0 Å². The van der Waals surface area contributed by atoms with E-state index >= 15 is 0 Å². The first-order chi connectivity index (χ1) is 7.04. The summed E-state index contributed by atoms with van der Waals surface area (Å²) in [5.41, 5.74) is -0.0546. The highest BCUT2D eigenvalue weighted by Gasteiger charge is 2.22. The van der Waals surface area contributed by atoms with Crippen molar-refractivity contribution in [2.75, 3.05) is 19.3 Å². The van der Waals surface area contributed by atoms with Crippen molar-refractivity contribution in [3.8, 4) is 0 Å². The smallest absolute Gasteiger partial charge is 0.120 e. The van der Waals surface area contributed by atoms with Crippen molar-refractivity contribution in [3.05, 3.63) is 0 Å². The van der Waals surface area contributed by atoms with Gasteiger partial charge >= 0.3 is 0 Å². The molecular formula is C12H25ClO2. The number of alkyl halides is 1. The summed E-state index contributed by atoms with van der Waals surface area (Å²) in [6.07, 6.45) is 3.04. The van der Waals surface area contributed by atoms with E-state index < -0.39 is 0 Å². The van der Waals surface area contributed by atoms with Crippen molar-refractivity contribution in [1.82, 2.24) is 0 Å². The summed E-state index contributed by atoms with van der Waals surface area (Å²) < 4.78 is 11.1. The molecule has 0 aromatic rings. The predicted octanol–water partition coefficient (Wildman–Crippen LogP) is 3.82. The topological polar surface area (TPSA) is 18.5 Å². The number of hydrogen-bond acceptors (Lipinski definition) is 2. The Morgan fingerprint density at radius 2 is 1.93 bits per heavy atom. The van der Waals surface area contributed by atoms with E-state index in [4.69, 9.17) is 21.1 Å². The van der Waals surface area contributed by atoms with Crippen LogP contribution in [-0.2, 0) is 9.47 Å². The molecule has 0 unspecified atom stereocenters. The lowest BCUT2D eigenvalue weighted by Gasteiger charge is -2.29. The van der Waals surface area contributed by atoms with Gasteiger partial charge in [0, 0.05) is 6.61 Å². The monoisotopic (exact) mass is 236 g/mol. The molecule has 0 bridgehead atoms. The molecule has 0 heterocycles. The van der Waals surface area contributed by atoms with Crippen molar-refractivity contribution < 1.29 is 9.47 Å². The van der Waals surface area contributed by atoms with Gasteiger partial charge in [-0.1, -0.05) is 32.4 Å². The summed E-state index contributed by atoms with van der Waals surface area (Å²) in [6, 6.07) is 0.270. The minimum absolute atomic E-state index is 0.0546. The van der Waals surface area contributed by atoms with Crippen LogP contribution in [0.5, 0.6) is 0 Å². The predicted molar refractivity (Wildman–Crippen MR) is 65.4 cm³/mol. The molecular weight excluding hydrogens is 212 g/mol. The summed E-state index contributed by atoms with van der Waals surface area (Å²) >= 11 is 5.46. The first-order valence-electron chi connectivity index (χ1n) is 5.81. The second kappa shape index (κ2) is 8.37. The van der Waals surface area contributed by atoms with Crippen LogP contribution in [0.1, 0.15) is 47.0 Å². The molecule has 0 spiro atoms. The minimum Gasteiger partial charge on any atom is -0.375 e. The van der Waals surface area contributed by atoms with Gasteiger partial charge in [-0.25, -0.2) is 0 Å². The minimum atomic E-state index is -0.0546. The first kappa shape index (κ1) is 15.2. The van der Waals surface area contributed by atoms with Gasteiger partial charge in [0.2, 0.25) is 0 Å². The van der Waals surface area contributed by atoms with Gasteiger partial charge in [-0.2, -0.15) is 0 Å². The molecule has 0 N–H and O–H groups in total. The molecule has 0 aliphatic heterocycles. The maximum absolute atomic E-state index is 5.91. The summed E-state index contributed by atoms with van der Waals surface area (Å²) in [6.45, 7) is 10.2. The highest BCUT2D eigenvalue weighted by molar-refractivity contribution is 6.17. The van der Waals surface area contributed by atoms with Crippen molar-refractivity contribution in [1.29, 1.82) is 0 Å². The average Bonchev–Trinajstić information content (AvgIpc) is 2.18. The fraction of sp³-hybridized carbons (Fsp3) is 1.00. The van der Waals surface area contributed by atoms with Crippen LogP contribution in [0.25, 0.3) is 0 Å². The Bertz CT molecular complexity index is 151. The van der Waals surface area contributed by atoms with E-state index in [0.717, 1.165) is 25.9 Å². The van der Waals surface area contributed by atoms with E-state index in [-0.39, 0.29) is 11.7 Å². The normalized spacial score (nSPS) is 15.6. The molecule has 15 heavy (non-hydrogen) atoms. The van der Waals surface area contributed by atoms with E-state index in [1.165, 1.54) is 0 Å². The van der Waals surface area contributed by atoms with Gasteiger partial charge in [0.1, 0.15) is 6.07 Å². The molecule has 3 heteroatoms. The lowest BCUT2D eigenvalue weighted by atomic mass is 9.99. The molecule has 0 saturated heterocycles. The number of hydrogen-bond donors (Lipinski definition) is 0. The Morgan fingerprint density at radius 1 is 1.27 bits per heavy atom. The van der Waals surface area contributed by atoms with Gasteiger partial charge in [-0.15, -0.1) is 0 Å². The lowest BCUT2D eigenvalue weighted by molar-refractivity contribution is -0.0567. The molecule has 0 radical (unpaired) electrons. The fourth-order valence-corrected chi connectivity index (χ4v) is 1.34. The Balaban J connectivity index is 3.74. The highest BCUT2D eigenvalue weighted by Crippen LogP contribution is 2.20. The maximum Gasteiger partial charge on any atom is 0.120 e. The fourth-order valence-electron chi connectivity index (χ4n) is 1.23. The van der Waals surface area contributed by atoms with Crippen molar-refractivity contribution in [3.63, 3.8) is 0 Å². The van der Waals surface area contributed by atoms with Crippen LogP contribution in [0.2, 0.25) is 0 Å². The third-order valence-electron chi connectivity index (χ3n) is 2.75. The van der Waals surface area contributed by atoms with Crippen molar-refractivity contribution in [2.45, 2.75) is 52.6 Å². The maximum atomic E-state index is 5.91. The standard InChI is InChI=1S/C12H25ClO2/c1-5-12(4,7-9-14-10-13)15-8-6-11(2)3/h11H,5-10H2,1-4H3/t12-/m0/s1. The van der Waals surface area contributed by atoms with Crippen LogP contribution in [0.4, 0.5) is 0 Å². The third kappa shape index (κ3) is 8.06. The molecule has 0 fully saturated rings. The molecule has 92 valence electrons. The summed E-state index contributed by atoms with van der Waals surface area (Å²) in [5.74, 6) is 0.699. The molecule has 0 rings (SSSR count). The molecule has 0 aliphatic rings. The number of rotatable bonds is 9. The molecule has 0 aliphatic carbocycles. The van der Waals surface area contributed by atoms with Crippen LogP contribution < -0.4 is 0 Å². The van der Waals surface area contributed by atoms with Crippen LogP contribution in [-0.4, -0.2) is 24.9 Å². The molecule has 0 saturated carbocycles. The highest BCUT2D eigenvalue weighted by atomic mass is 35.5. The molecule has 0 aromatic carbocycles. The zero-order valence-electron chi connectivity index (χ0n) is 10.5. The molecule has 2 nitrogen and oxygen atoms in total. The number of halogens is 1. The van der Waals surface area contributed by atoms with Gasteiger partial charge in [-0.3, -0.25) is 0 Å². The zero-order chi connectivity index (χ0) is 11.7. The van der Waals surface area contributed by atoms with Crippen LogP contribution in [0, 0.1) is 5.92 Å². The Hall–Kier alpha value is 0.210. The van der Waals surface area contributed by atoms with Gasteiger partial charge < -0.3 is 9.47 Å². The molecule has 0 amide bonds. The van der Waals surface area contributed by atoms with Crippen molar-refractivity contribution in [2.24, 2.45) is 5.92 Å². The van der Waals surface area contributed by atoms with Crippen LogP contribution in [0.3, 0.4) is 0 Å². The van der Waals surface area contributed by atoms with E-state index in [1.54, 1.807) is 0 Å². The summed E-state index contributed by atoms with van der Waals surface area (Å²) in [4.78, 5) is 0. The zero-order valence-corrected chi connectivity index (χ0v) is 11.3. The lowest BCUT2D eigenvalue weighted by Crippen LogP contribution is -2.30. The number of ether oxygens (including phenoxy) is 2. The second-order valence-corrected chi connectivity index (χ2v) is 4.82. The quantitative estimate of drug-likeness (QED) is 0.448. The van der Waals surface area contributed by atoms with E-state index in [9.17, 15) is 0 Å². The van der Waals surface area contributed by atoms with Gasteiger partial charge in [0.25, 0.3) is 0 Å². The van der Waals surface area contributed by atoms with Gasteiger partial charge in [0.05, 0.1) is 12.2 Å². The SMILES string of the molecule is CC[C@@](C)(CCOCCl)OCCC(C)C.